The fourth-order valence-corrected chi connectivity index (χ4v) is 1.32. The molecule has 0 unspecified atom stereocenters. The van der Waals surface area contributed by atoms with Crippen LogP contribution in [0.25, 0.3) is 0 Å². The van der Waals surface area contributed by atoms with Crippen molar-refractivity contribution in [3.8, 4) is 5.75 Å². The Bertz CT molecular complexity index is 526. The minimum absolute atomic E-state index is 0.131. The van der Waals surface area contributed by atoms with Gasteiger partial charge >= 0.3 is 0 Å². The first-order chi connectivity index (χ1) is 8.20. The van der Waals surface area contributed by atoms with Gasteiger partial charge in [0.05, 0.1) is 18.9 Å². The van der Waals surface area contributed by atoms with Gasteiger partial charge in [0.1, 0.15) is 0 Å². The molecule has 88 valence electrons. The van der Waals surface area contributed by atoms with E-state index in [9.17, 15) is 9.18 Å². The molecule has 2 N–H and O–H groups in total. The summed E-state index contributed by atoms with van der Waals surface area (Å²) in [6, 6.07) is 4.19. The van der Waals surface area contributed by atoms with E-state index < -0.39 is 5.82 Å². The van der Waals surface area contributed by atoms with E-state index in [0.717, 1.165) is 0 Å². The topological polar surface area (TPSA) is 67.0 Å². The lowest BCUT2D eigenvalue weighted by atomic mass is 10.2. The number of hydrogen-bond acceptors (Lipinski definition) is 3. The second-order valence-electron chi connectivity index (χ2n) is 3.29. The van der Waals surface area contributed by atoms with E-state index in [1.54, 1.807) is 6.07 Å². The van der Waals surface area contributed by atoms with E-state index >= 15 is 0 Å². The molecule has 17 heavy (non-hydrogen) atoms. The zero-order chi connectivity index (χ0) is 12.3. The van der Waals surface area contributed by atoms with Gasteiger partial charge in [0, 0.05) is 18.0 Å². The van der Waals surface area contributed by atoms with Crippen LogP contribution in [0.2, 0.25) is 0 Å². The molecule has 0 saturated carbocycles. The molecule has 1 aromatic carbocycles. The molecule has 0 spiro atoms. The number of hydrogen-bond donors (Lipinski definition) is 2. The predicted molar refractivity (Wildman–Crippen MR) is 59.5 cm³/mol. The number of aromatic amines is 1. The van der Waals surface area contributed by atoms with E-state index in [1.165, 1.54) is 31.6 Å². The van der Waals surface area contributed by atoms with E-state index in [2.05, 4.69) is 15.5 Å². The van der Waals surface area contributed by atoms with Crippen LogP contribution in [0, 0.1) is 5.82 Å². The molecule has 0 aliphatic heterocycles. The van der Waals surface area contributed by atoms with Crippen molar-refractivity contribution in [2.45, 2.75) is 0 Å². The molecule has 1 amide bonds. The minimum atomic E-state index is -0.530. The van der Waals surface area contributed by atoms with Gasteiger partial charge in [0.2, 0.25) is 0 Å². The number of carbonyl (C=O) groups excluding carboxylic acids is 1. The Hall–Kier alpha value is -2.37. The first-order valence-electron chi connectivity index (χ1n) is 4.84. The third kappa shape index (κ3) is 2.41. The van der Waals surface area contributed by atoms with Crippen molar-refractivity contribution >= 4 is 11.6 Å². The summed E-state index contributed by atoms with van der Waals surface area (Å²) in [7, 11) is 1.38. The van der Waals surface area contributed by atoms with Crippen molar-refractivity contribution in [3.63, 3.8) is 0 Å². The van der Waals surface area contributed by atoms with Crippen molar-refractivity contribution in [1.82, 2.24) is 10.2 Å². The zero-order valence-electron chi connectivity index (χ0n) is 9.03. The summed E-state index contributed by atoms with van der Waals surface area (Å²) in [5.74, 6) is -0.757. The molecule has 0 radical (unpaired) electrons. The summed E-state index contributed by atoms with van der Waals surface area (Å²) in [5.41, 5.74) is 0.732. The Kier molecular flexibility index (Phi) is 3.04. The highest BCUT2D eigenvalue weighted by Crippen LogP contribution is 2.20. The van der Waals surface area contributed by atoms with Crippen molar-refractivity contribution in [3.05, 3.63) is 42.0 Å². The van der Waals surface area contributed by atoms with E-state index in [4.69, 9.17) is 4.74 Å². The van der Waals surface area contributed by atoms with Crippen LogP contribution in [-0.4, -0.2) is 23.2 Å². The quantitative estimate of drug-likeness (QED) is 0.852. The van der Waals surface area contributed by atoms with Gasteiger partial charge in [0.25, 0.3) is 5.91 Å². The first kappa shape index (κ1) is 11.1. The summed E-state index contributed by atoms with van der Waals surface area (Å²) in [5, 5.41) is 8.71. The highest BCUT2D eigenvalue weighted by atomic mass is 19.1. The van der Waals surface area contributed by atoms with Gasteiger partial charge < -0.3 is 10.1 Å². The Balaban J connectivity index is 2.14. The van der Waals surface area contributed by atoms with Gasteiger partial charge in [-0.1, -0.05) is 0 Å². The van der Waals surface area contributed by atoms with Crippen LogP contribution in [0.1, 0.15) is 10.4 Å². The normalized spacial score (nSPS) is 10.0. The van der Waals surface area contributed by atoms with Gasteiger partial charge in [-0.25, -0.2) is 4.39 Å². The predicted octanol–water partition coefficient (Wildman–Crippen LogP) is 1.81. The van der Waals surface area contributed by atoms with Crippen molar-refractivity contribution < 1.29 is 13.9 Å². The zero-order valence-corrected chi connectivity index (χ0v) is 9.03. The maximum absolute atomic E-state index is 13.3. The number of amides is 1. The molecule has 2 aromatic rings. The molecular weight excluding hydrogens is 225 g/mol. The largest absolute Gasteiger partial charge is 0.494 e. The molecule has 5 nitrogen and oxygen atoms in total. The fraction of sp³-hybridized carbons (Fsp3) is 0.0909. The third-order valence-electron chi connectivity index (χ3n) is 2.17. The molecule has 0 aliphatic rings. The van der Waals surface area contributed by atoms with E-state index in [1.807, 2.05) is 0 Å². The van der Waals surface area contributed by atoms with Crippen LogP contribution in [0.5, 0.6) is 5.75 Å². The van der Waals surface area contributed by atoms with Crippen LogP contribution in [0.15, 0.2) is 30.6 Å². The average Bonchev–Trinajstić information content (AvgIpc) is 2.82. The molecular formula is C11H10FN3O2. The molecule has 2 rings (SSSR count). The third-order valence-corrected chi connectivity index (χ3v) is 2.17. The number of aromatic nitrogens is 2. The second-order valence-corrected chi connectivity index (χ2v) is 3.29. The summed E-state index contributed by atoms with van der Waals surface area (Å²) in [6.07, 6.45) is 2.84. The average molecular weight is 235 g/mol. The Morgan fingerprint density at radius 1 is 1.53 bits per heavy atom. The number of rotatable bonds is 3. The highest BCUT2D eigenvalue weighted by molar-refractivity contribution is 6.03. The number of anilines is 1. The Labute approximate surface area is 96.6 Å². The number of nitrogens with one attached hydrogen (secondary N) is 2. The molecule has 0 aliphatic carbocycles. The van der Waals surface area contributed by atoms with Crippen LogP contribution >= 0.6 is 0 Å². The van der Waals surface area contributed by atoms with Gasteiger partial charge in [0.15, 0.2) is 11.6 Å². The van der Waals surface area contributed by atoms with Gasteiger partial charge in [-0.3, -0.25) is 9.89 Å². The number of ether oxygens (including phenoxy) is 1. The lowest BCUT2D eigenvalue weighted by molar-refractivity contribution is 0.102. The van der Waals surface area contributed by atoms with Crippen LogP contribution in [-0.2, 0) is 0 Å². The van der Waals surface area contributed by atoms with Crippen LogP contribution in [0.3, 0.4) is 0 Å². The number of benzene rings is 1. The van der Waals surface area contributed by atoms with Crippen molar-refractivity contribution in [2.24, 2.45) is 0 Å². The van der Waals surface area contributed by atoms with Crippen molar-refractivity contribution in [2.75, 3.05) is 12.4 Å². The van der Waals surface area contributed by atoms with E-state index in [-0.39, 0.29) is 11.7 Å². The molecule has 6 heteroatoms. The number of nitrogens with zero attached hydrogens (tertiary/aromatic N) is 1. The lowest BCUT2D eigenvalue weighted by Crippen LogP contribution is -2.11. The summed E-state index contributed by atoms with van der Waals surface area (Å²) >= 11 is 0. The number of H-pyrrole nitrogens is 1. The smallest absolute Gasteiger partial charge is 0.258 e. The molecule has 1 heterocycles. The molecule has 0 bridgehead atoms. The van der Waals surface area contributed by atoms with E-state index in [0.29, 0.717) is 11.3 Å². The summed E-state index contributed by atoms with van der Waals surface area (Å²) < 4.78 is 18.1. The molecule has 0 fully saturated rings. The second kappa shape index (κ2) is 4.65. The standard InChI is InChI=1S/C11H10FN3O2/c1-17-10-3-2-8(4-9(10)12)15-11(16)7-5-13-14-6-7/h2-6H,1H3,(H,13,14)(H,15,16). The molecule has 0 atom stereocenters. The Morgan fingerprint density at radius 3 is 2.94 bits per heavy atom. The highest BCUT2D eigenvalue weighted by Gasteiger charge is 2.09. The van der Waals surface area contributed by atoms with Gasteiger partial charge in [-0.05, 0) is 12.1 Å². The molecule has 1 aromatic heterocycles. The summed E-state index contributed by atoms with van der Waals surface area (Å²) in [6.45, 7) is 0. The number of halogens is 1. The SMILES string of the molecule is COc1ccc(NC(=O)c2cn[nH]c2)cc1F. The number of carbonyl (C=O) groups is 1. The maximum Gasteiger partial charge on any atom is 0.258 e. The first-order valence-corrected chi connectivity index (χ1v) is 4.84. The summed E-state index contributed by atoms with van der Waals surface area (Å²) in [4.78, 5) is 11.6. The minimum Gasteiger partial charge on any atom is -0.494 e. The fourth-order valence-electron chi connectivity index (χ4n) is 1.32. The van der Waals surface area contributed by atoms with Crippen LogP contribution < -0.4 is 10.1 Å². The van der Waals surface area contributed by atoms with Gasteiger partial charge in [-0.15, -0.1) is 0 Å². The maximum atomic E-state index is 13.3. The van der Waals surface area contributed by atoms with Crippen molar-refractivity contribution in [1.29, 1.82) is 0 Å². The van der Waals surface area contributed by atoms with Crippen LogP contribution in [0.4, 0.5) is 10.1 Å². The van der Waals surface area contributed by atoms with Gasteiger partial charge in [-0.2, -0.15) is 5.10 Å². The Morgan fingerprint density at radius 2 is 2.35 bits per heavy atom. The monoisotopic (exact) mass is 235 g/mol. The number of methoxy groups -OCH3 is 1. The lowest BCUT2D eigenvalue weighted by Gasteiger charge is -2.06. The molecule has 0 saturated heterocycles.